The van der Waals surface area contributed by atoms with Crippen molar-refractivity contribution in [3.63, 3.8) is 0 Å². The number of para-hydroxylation sites is 1. The molecule has 0 amide bonds. The zero-order valence-corrected chi connectivity index (χ0v) is 11.4. The number of rotatable bonds is 3. The molecule has 1 aromatic carbocycles. The molecule has 2 N–H and O–H groups in total. The Morgan fingerprint density at radius 1 is 1.33 bits per heavy atom. The quantitative estimate of drug-likeness (QED) is 0.450. The molecule has 0 unspecified atom stereocenters. The number of nitro groups is 1. The van der Waals surface area contributed by atoms with E-state index in [1.165, 1.54) is 12.4 Å². The molecule has 0 bridgehead atoms. The lowest BCUT2D eigenvalue weighted by Crippen LogP contribution is -2.04. The van der Waals surface area contributed by atoms with Gasteiger partial charge in [0.05, 0.1) is 17.8 Å². The fourth-order valence-electron chi connectivity index (χ4n) is 2.06. The van der Waals surface area contributed by atoms with E-state index in [0.717, 1.165) is 0 Å². The van der Waals surface area contributed by atoms with E-state index in [1.807, 2.05) is 0 Å². The largest absolute Gasteiger partial charge is 0.382 e. The van der Waals surface area contributed by atoms with Gasteiger partial charge >= 0.3 is 0 Å². The minimum atomic E-state index is -0.426. The summed E-state index contributed by atoms with van der Waals surface area (Å²) in [6.45, 7) is 0.237. The number of benzene rings is 1. The first kappa shape index (κ1) is 13.3. The summed E-state index contributed by atoms with van der Waals surface area (Å²) in [5.41, 5.74) is 7.14. The molecule has 21 heavy (non-hydrogen) atoms. The smallest absolute Gasteiger partial charge is 0.274 e. The van der Waals surface area contributed by atoms with E-state index in [9.17, 15) is 10.1 Å². The molecule has 106 valence electrons. The van der Waals surface area contributed by atoms with Crippen molar-refractivity contribution in [3.8, 4) is 0 Å². The molecule has 9 heteroatoms. The van der Waals surface area contributed by atoms with Gasteiger partial charge in [-0.2, -0.15) is 9.97 Å². The van der Waals surface area contributed by atoms with E-state index in [4.69, 9.17) is 17.3 Å². The molecule has 0 atom stereocenters. The van der Waals surface area contributed by atoms with Gasteiger partial charge in [-0.15, -0.1) is 0 Å². The summed E-state index contributed by atoms with van der Waals surface area (Å²) < 4.78 is 1.64. The number of hydrogen-bond donors (Lipinski definition) is 1. The van der Waals surface area contributed by atoms with Crippen molar-refractivity contribution in [3.05, 3.63) is 51.6 Å². The molecular weight excluding hydrogens is 296 g/mol. The minimum Gasteiger partial charge on any atom is -0.382 e. The zero-order valence-electron chi connectivity index (χ0n) is 10.6. The molecule has 0 aliphatic rings. The zero-order chi connectivity index (χ0) is 15.0. The maximum absolute atomic E-state index is 11.0. The number of imidazole rings is 1. The molecule has 3 rings (SSSR count). The number of halogens is 1. The van der Waals surface area contributed by atoms with Crippen molar-refractivity contribution in [2.75, 3.05) is 5.73 Å². The SMILES string of the molecule is Nc1nc(Cl)nc2c1ncn2Cc1ccccc1[N+](=O)[O-]. The van der Waals surface area contributed by atoms with Crippen molar-refractivity contribution < 1.29 is 4.92 Å². The topological polar surface area (TPSA) is 113 Å². The minimum absolute atomic E-state index is 0.00399. The van der Waals surface area contributed by atoms with Crippen LogP contribution in [0.3, 0.4) is 0 Å². The number of hydrogen-bond acceptors (Lipinski definition) is 6. The van der Waals surface area contributed by atoms with Crippen molar-refractivity contribution in [1.29, 1.82) is 0 Å². The molecule has 8 nitrogen and oxygen atoms in total. The predicted octanol–water partition coefficient (Wildman–Crippen LogP) is 2.02. The highest BCUT2D eigenvalue weighted by atomic mass is 35.5. The number of nitrogens with two attached hydrogens (primary N) is 1. The first-order valence-electron chi connectivity index (χ1n) is 5.92. The van der Waals surface area contributed by atoms with E-state index >= 15 is 0 Å². The van der Waals surface area contributed by atoms with E-state index in [2.05, 4.69) is 15.0 Å². The third-order valence-electron chi connectivity index (χ3n) is 2.99. The van der Waals surface area contributed by atoms with E-state index in [0.29, 0.717) is 16.7 Å². The van der Waals surface area contributed by atoms with Gasteiger partial charge in [-0.05, 0) is 11.6 Å². The van der Waals surface area contributed by atoms with Gasteiger partial charge in [0.25, 0.3) is 5.69 Å². The Labute approximate surface area is 123 Å². The first-order valence-corrected chi connectivity index (χ1v) is 6.30. The van der Waals surface area contributed by atoms with E-state index in [-0.39, 0.29) is 23.3 Å². The highest BCUT2D eigenvalue weighted by Crippen LogP contribution is 2.22. The summed E-state index contributed by atoms with van der Waals surface area (Å²) in [4.78, 5) is 22.6. The Morgan fingerprint density at radius 2 is 2.10 bits per heavy atom. The van der Waals surface area contributed by atoms with Gasteiger partial charge in [-0.3, -0.25) is 10.1 Å². The van der Waals surface area contributed by atoms with Crippen LogP contribution in [-0.2, 0) is 6.54 Å². The normalized spacial score (nSPS) is 10.9. The van der Waals surface area contributed by atoms with Gasteiger partial charge in [0.2, 0.25) is 5.28 Å². The molecule has 0 aliphatic heterocycles. The Kier molecular flexibility index (Phi) is 3.15. The molecule has 0 radical (unpaired) electrons. The Morgan fingerprint density at radius 3 is 2.86 bits per heavy atom. The third kappa shape index (κ3) is 2.36. The van der Waals surface area contributed by atoms with Crippen LogP contribution in [-0.4, -0.2) is 24.4 Å². The van der Waals surface area contributed by atoms with Gasteiger partial charge in [-0.1, -0.05) is 18.2 Å². The second-order valence-electron chi connectivity index (χ2n) is 4.31. The number of fused-ring (bicyclic) bond motifs is 1. The van der Waals surface area contributed by atoms with Crippen LogP contribution in [0.5, 0.6) is 0 Å². The fourth-order valence-corrected chi connectivity index (χ4v) is 2.23. The maximum Gasteiger partial charge on any atom is 0.274 e. The van der Waals surface area contributed by atoms with Crippen molar-refractivity contribution in [1.82, 2.24) is 19.5 Å². The molecule has 2 aromatic heterocycles. The van der Waals surface area contributed by atoms with Crippen LogP contribution in [0, 0.1) is 10.1 Å². The lowest BCUT2D eigenvalue weighted by Gasteiger charge is -2.05. The molecule has 2 heterocycles. The fraction of sp³-hybridized carbons (Fsp3) is 0.0833. The van der Waals surface area contributed by atoms with Gasteiger partial charge < -0.3 is 10.3 Å². The predicted molar refractivity (Wildman–Crippen MR) is 76.9 cm³/mol. The molecule has 0 fully saturated rings. The summed E-state index contributed by atoms with van der Waals surface area (Å²) in [5.74, 6) is 0.173. The molecule has 0 saturated heterocycles. The standard InChI is InChI=1S/C12H9ClN6O2/c13-12-16-10(14)9-11(17-12)18(6-15-9)5-7-3-1-2-4-8(7)19(20)21/h1-4,6H,5H2,(H2,14,16,17). The number of anilines is 1. The average Bonchev–Trinajstić information content (AvgIpc) is 2.82. The van der Waals surface area contributed by atoms with Crippen LogP contribution in [0.15, 0.2) is 30.6 Å². The van der Waals surface area contributed by atoms with Gasteiger partial charge in [0.1, 0.15) is 5.52 Å². The van der Waals surface area contributed by atoms with E-state index < -0.39 is 4.92 Å². The lowest BCUT2D eigenvalue weighted by molar-refractivity contribution is -0.385. The number of aromatic nitrogens is 4. The number of nitrogen functional groups attached to an aromatic ring is 1. The number of nitrogens with zero attached hydrogens (tertiary/aromatic N) is 5. The molecule has 0 saturated carbocycles. The summed E-state index contributed by atoms with van der Waals surface area (Å²) in [7, 11) is 0. The molecule has 3 aromatic rings. The van der Waals surface area contributed by atoms with Crippen LogP contribution >= 0.6 is 11.6 Å². The van der Waals surface area contributed by atoms with Gasteiger partial charge in [0.15, 0.2) is 11.5 Å². The highest BCUT2D eigenvalue weighted by molar-refractivity contribution is 6.28. The van der Waals surface area contributed by atoms with Gasteiger partial charge in [0, 0.05) is 11.6 Å². The molecule has 0 aliphatic carbocycles. The lowest BCUT2D eigenvalue weighted by atomic mass is 10.2. The van der Waals surface area contributed by atoms with Crippen LogP contribution in [0.1, 0.15) is 5.56 Å². The van der Waals surface area contributed by atoms with Crippen LogP contribution in [0.25, 0.3) is 11.2 Å². The van der Waals surface area contributed by atoms with Gasteiger partial charge in [-0.25, -0.2) is 4.98 Å². The van der Waals surface area contributed by atoms with Crippen LogP contribution < -0.4 is 5.73 Å². The summed E-state index contributed by atoms with van der Waals surface area (Å²) in [5, 5.41) is 11.0. The van der Waals surface area contributed by atoms with Crippen molar-refractivity contribution >= 4 is 34.3 Å². The average molecular weight is 305 g/mol. The summed E-state index contributed by atoms with van der Waals surface area (Å²) in [6, 6.07) is 6.48. The Bertz CT molecular complexity index is 847. The molecular formula is C12H9ClN6O2. The van der Waals surface area contributed by atoms with E-state index in [1.54, 1.807) is 22.8 Å². The monoisotopic (exact) mass is 304 g/mol. The first-order chi connectivity index (χ1) is 10.1. The van der Waals surface area contributed by atoms with Crippen molar-refractivity contribution in [2.24, 2.45) is 0 Å². The summed E-state index contributed by atoms with van der Waals surface area (Å²) in [6.07, 6.45) is 1.50. The number of nitro benzene ring substituents is 1. The molecule has 0 spiro atoms. The second kappa shape index (κ2) is 4.98. The Balaban J connectivity index is 2.09. The van der Waals surface area contributed by atoms with Crippen LogP contribution in [0.2, 0.25) is 5.28 Å². The summed E-state index contributed by atoms with van der Waals surface area (Å²) >= 11 is 5.79. The highest BCUT2D eigenvalue weighted by Gasteiger charge is 2.15. The van der Waals surface area contributed by atoms with Crippen molar-refractivity contribution in [2.45, 2.75) is 6.54 Å². The van der Waals surface area contributed by atoms with Crippen LogP contribution in [0.4, 0.5) is 11.5 Å². The maximum atomic E-state index is 11.0. The second-order valence-corrected chi connectivity index (χ2v) is 4.65. The third-order valence-corrected chi connectivity index (χ3v) is 3.16. The Hall–Kier alpha value is -2.74.